The monoisotopic (exact) mass is 460 g/mol. The van der Waals surface area contributed by atoms with Crippen LogP contribution in [0.5, 0.6) is 0 Å². The first-order valence-corrected chi connectivity index (χ1v) is 12.4. The minimum absolute atomic E-state index is 0.0860. The highest BCUT2D eigenvalue weighted by molar-refractivity contribution is 7.13. The number of fused-ring (bicyclic) bond motifs is 1. The van der Waals surface area contributed by atoms with E-state index in [1.54, 1.807) is 6.20 Å². The summed E-state index contributed by atoms with van der Waals surface area (Å²) in [5, 5.41) is 15.0. The molecule has 1 aromatic carbocycles. The molecule has 0 saturated heterocycles. The number of aromatic nitrogens is 2. The molecule has 0 unspecified atom stereocenters. The first-order chi connectivity index (χ1) is 16.2. The standard InChI is InChI=1S/C26H28N4O2S/c1-2-30-16-20-15-21(25(32)29-26-27-11-13-33-26)28-24(23(20)22(30)10-12-31)19-9-5-8-18(14-19)17-6-3-4-7-17/h5-6,8-9,11,13-15,22,31H,2-4,7,10,12,16H2,1H3,(H,27,29,32)/t22-/m0/s1. The van der Waals surface area contributed by atoms with Gasteiger partial charge in [-0.1, -0.05) is 31.2 Å². The lowest BCUT2D eigenvalue weighted by atomic mass is 9.93. The Hall–Kier alpha value is -2.87. The number of aliphatic hydroxyl groups excluding tert-OH is 1. The summed E-state index contributed by atoms with van der Waals surface area (Å²) in [5.74, 6) is -0.252. The molecule has 1 atom stereocenters. The maximum absolute atomic E-state index is 13.1. The number of allylic oxidation sites excluding steroid dienone is 2. The van der Waals surface area contributed by atoms with Gasteiger partial charge in [-0.05, 0) is 61.1 Å². The van der Waals surface area contributed by atoms with Crippen molar-refractivity contribution in [3.63, 3.8) is 0 Å². The minimum atomic E-state index is -0.252. The van der Waals surface area contributed by atoms with Crippen molar-refractivity contribution in [2.75, 3.05) is 18.5 Å². The lowest BCUT2D eigenvalue weighted by Crippen LogP contribution is -2.22. The van der Waals surface area contributed by atoms with E-state index < -0.39 is 0 Å². The number of pyridine rings is 1. The Morgan fingerprint density at radius 3 is 2.91 bits per heavy atom. The third-order valence-electron chi connectivity index (χ3n) is 6.53. The number of nitrogens with zero attached hydrogens (tertiary/aromatic N) is 3. The molecule has 0 saturated carbocycles. The molecule has 0 radical (unpaired) electrons. The van der Waals surface area contributed by atoms with Gasteiger partial charge in [-0.3, -0.25) is 15.0 Å². The maximum Gasteiger partial charge on any atom is 0.276 e. The molecule has 7 heteroatoms. The summed E-state index contributed by atoms with van der Waals surface area (Å²) in [6.07, 6.45) is 8.06. The van der Waals surface area contributed by atoms with Gasteiger partial charge in [-0.2, -0.15) is 0 Å². The van der Waals surface area contributed by atoms with E-state index in [4.69, 9.17) is 4.98 Å². The Morgan fingerprint density at radius 2 is 2.18 bits per heavy atom. The molecule has 5 rings (SSSR count). The Kier molecular flexibility index (Phi) is 6.35. The van der Waals surface area contributed by atoms with Gasteiger partial charge in [0.05, 0.1) is 5.69 Å². The van der Waals surface area contributed by atoms with Crippen molar-refractivity contribution in [1.29, 1.82) is 0 Å². The fraction of sp³-hybridized carbons (Fsp3) is 0.346. The van der Waals surface area contributed by atoms with Crippen LogP contribution in [0.3, 0.4) is 0 Å². The first kappa shape index (κ1) is 21.9. The molecule has 1 amide bonds. The number of hydrogen-bond acceptors (Lipinski definition) is 6. The number of amides is 1. The normalized spacial score (nSPS) is 17.8. The van der Waals surface area contributed by atoms with Crippen LogP contribution >= 0.6 is 11.3 Å². The summed E-state index contributed by atoms with van der Waals surface area (Å²) in [6, 6.07) is 10.5. The molecule has 33 heavy (non-hydrogen) atoms. The first-order valence-electron chi connectivity index (χ1n) is 11.6. The number of aliphatic hydroxyl groups is 1. The SMILES string of the molecule is CCN1Cc2cc(C(=O)Nc3nccs3)nc(-c3cccc(C4=CCCC4)c3)c2[C@@H]1CCO. The molecule has 1 aliphatic heterocycles. The summed E-state index contributed by atoms with van der Waals surface area (Å²) in [5.41, 5.74) is 7.10. The summed E-state index contributed by atoms with van der Waals surface area (Å²) < 4.78 is 0. The van der Waals surface area contributed by atoms with Crippen molar-refractivity contribution < 1.29 is 9.90 Å². The molecule has 3 heterocycles. The van der Waals surface area contributed by atoms with Crippen LogP contribution < -0.4 is 5.32 Å². The molecule has 6 nitrogen and oxygen atoms in total. The zero-order valence-corrected chi connectivity index (χ0v) is 19.6. The fourth-order valence-corrected chi connectivity index (χ4v) is 5.51. The zero-order valence-electron chi connectivity index (χ0n) is 18.8. The van der Waals surface area contributed by atoms with Gasteiger partial charge in [0.25, 0.3) is 5.91 Å². The molecule has 2 aromatic heterocycles. The van der Waals surface area contributed by atoms with Crippen LogP contribution in [0.15, 0.2) is 48.0 Å². The second kappa shape index (κ2) is 9.55. The second-order valence-electron chi connectivity index (χ2n) is 8.51. The Balaban J connectivity index is 1.61. The van der Waals surface area contributed by atoms with Crippen LogP contribution in [0.2, 0.25) is 0 Å². The van der Waals surface area contributed by atoms with Crippen molar-refractivity contribution >= 4 is 27.9 Å². The number of carbonyl (C=O) groups excluding carboxylic acids is 1. The van der Waals surface area contributed by atoms with Crippen molar-refractivity contribution in [2.24, 2.45) is 0 Å². The minimum Gasteiger partial charge on any atom is -0.396 e. The van der Waals surface area contributed by atoms with E-state index in [0.29, 0.717) is 17.2 Å². The fourth-order valence-electron chi connectivity index (χ4n) is 4.99. The highest BCUT2D eigenvalue weighted by Gasteiger charge is 2.33. The van der Waals surface area contributed by atoms with Gasteiger partial charge in [0.15, 0.2) is 5.13 Å². The number of nitrogens with one attached hydrogen (secondary N) is 1. The summed E-state index contributed by atoms with van der Waals surface area (Å²) in [7, 11) is 0. The van der Waals surface area contributed by atoms with E-state index in [0.717, 1.165) is 48.3 Å². The third-order valence-corrected chi connectivity index (χ3v) is 7.22. The van der Waals surface area contributed by atoms with Gasteiger partial charge < -0.3 is 5.11 Å². The number of benzene rings is 1. The number of thiazole rings is 1. The summed E-state index contributed by atoms with van der Waals surface area (Å²) in [4.78, 5) is 24.5. The quantitative estimate of drug-likeness (QED) is 0.501. The lowest BCUT2D eigenvalue weighted by Gasteiger charge is -2.24. The predicted molar refractivity (Wildman–Crippen MR) is 132 cm³/mol. The highest BCUT2D eigenvalue weighted by atomic mass is 32.1. The summed E-state index contributed by atoms with van der Waals surface area (Å²) in [6.45, 7) is 3.85. The molecule has 0 spiro atoms. The molecule has 2 N–H and O–H groups in total. The maximum atomic E-state index is 13.1. The predicted octanol–water partition coefficient (Wildman–Crippen LogP) is 5.28. The van der Waals surface area contributed by atoms with E-state index in [1.807, 2.05) is 11.4 Å². The van der Waals surface area contributed by atoms with Gasteiger partial charge in [-0.15, -0.1) is 11.3 Å². The van der Waals surface area contributed by atoms with Crippen molar-refractivity contribution in [3.8, 4) is 11.3 Å². The molecule has 170 valence electrons. The zero-order chi connectivity index (χ0) is 22.8. The van der Waals surface area contributed by atoms with Crippen LogP contribution in [-0.4, -0.2) is 39.0 Å². The highest BCUT2D eigenvalue weighted by Crippen LogP contribution is 2.42. The molecule has 0 fully saturated rings. The van der Waals surface area contributed by atoms with E-state index in [-0.39, 0.29) is 18.6 Å². The molecule has 2 aliphatic rings. The Morgan fingerprint density at radius 1 is 1.30 bits per heavy atom. The van der Waals surface area contributed by atoms with Crippen LogP contribution in [0, 0.1) is 0 Å². The summed E-state index contributed by atoms with van der Waals surface area (Å²) >= 11 is 1.39. The molecular formula is C26H28N4O2S. The third kappa shape index (κ3) is 4.36. The lowest BCUT2D eigenvalue weighted by molar-refractivity contribution is 0.102. The van der Waals surface area contributed by atoms with Crippen LogP contribution in [-0.2, 0) is 6.54 Å². The van der Waals surface area contributed by atoms with E-state index in [1.165, 1.54) is 28.9 Å². The number of carbonyl (C=O) groups is 1. The van der Waals surface area contributed by atoms with Crippen LogP contribution in [0.1, 0.15) is 65.8 Å². The van der Waals surface area contributed by atoms with Gasteiger partial charge in [0.2, 0.25) is 0 Å². The molecule has 0 bridgehead atoms. The number of rotatable bonds is 7. The number of hydrogen-bond donors (Lipinski definition) is 2. The van der Waals surface area contributed by atoms with Crippen molar-refractivity contribution in [1.82, 2.24) is 14.9 Å². The largest absolute Gasteiger partial charge is 0.396 e. The van der Waals surface area contributed by atoms with Crippen molar-refractivity contribution in [3.05, 3.63) is 70.4 Å². The average molecular weight is 461 g/mol. The Labute approximate surface area is 198 Å². The Bertz CT molecular complexity index is 1190. The molecule has 3 aromatic rings. The topological polar surface area (TPSA) is 78.4 Å². The van der Waals surface area contributed by atoms with Crippen molar-refractivity contribution in [2.45, 2.75) is 45.2 Å². The smallest absolute Gasteiger partial charge is 0.276 e. The average Bonchev–Trinajstić information content (AvgIpc) is 3.60. The molecular weight excluding hydrogens is 432 g/mol. The van der Waals surface area contributed by atoms with E-state index in [9.17, 15) is 9.90 Å². The number of anilines is 1. The van der Waals surface area contributed by atoms with Crippen LogP contribution in [0.4, 0.5) is 5.13 Å². The van der Waals surface area contributed by atoms with Gasteiger partial charge in [0, 0.05) is 41.9 Å². The van der Waals surface area contributed by atoms with Gasteiger partial charge >= 0.3 is 0 Å². The van der Waals surface area contributed by atoms with Gasteiger partial charge in [-0.25, -0.2) is 9.97 Å². The van der Waals surface area contributed by atoms with E-state index >= 15 is 0 Å². The van der Waals surface area contributed by atoms with E-state index in [2.05, 4.69) is 52.5 Å². The molecule has 1 aliphatic carbocycles. The van der Waals surface area contributed by atoms with Crippen LogP contribution in [0.25, 0.3) is 16.8 Å². The second-order valence-corrected chi connectivity index (χ2v) is 9.41. The van der Waals surface area contributed by atoms with Gasteiger partial charge in [0.1, 0.15) is 5.69 Å².